The van der Waals surface area contributed by atoms with Crippen molar-refractivity contribution >= 4 is 21.9 Å². The Hall–Kier alpha value is -1.40. The summed E-state index contributed by atoms with van der Waals surface area (Å²) < 4.78 is 24.5. The van der Waals surface area contributed by atoms with E-state index in [-0.39, 0.29) is 0 Å². The molecule has 0 amide bonds. The molecular weight excluding hydrogens is 300 g/mol. The third-order valence-electron chi connectivity index (χ3n) is 3.48. The van der Waals surface area contributed by atoms with Gasteiger partial charge in [-0.1, -0.05) is 44.4 Å². The number of hydrogen-bond donors (Lipinski definition) is 1. The van der Waals surface area contributed by atoms with Crippen LogP contribution in [0.1, 0.15) is 44.3 Å². The third kappa shape index (κ3) is 5.77. The number of sulfonamides is 1. The lowest BCUT2D eigenvalue weighted by Crippen LogP contribution is -2.26. The van der Waals surface area contributed by atoms with Crippen molar-refractivity contribution in [2.75, 3.05) is 24.2 Å². The van der Waals surface area contributed by atoms with Crippen LogP contribution < -0.4 is 4.31 Å². The molecule has 1 aromatic rings. The van der Waals surface area contributed by atoms with Gasteiger partial charge in [0.25, 0.3) is 0 Å². The fourth-order valence-electron chi connectivity index (χ4n) is 2.09. The topological polar surface area (TPSA) is 70.0 Å². The molecule has 124 valence electrons. The van der Waals surface area contributed by atoms with E-state index in [1.807, 2.05) is 0 Å². The van der Waals surface area contributed by atoms with Crippen LogP contribution in [0.4, 0.5) is 5.69 Å². The Labute approximate surface area is 133 Å². The second-order valence-corrected chi connectivity index (χ2v) is 7.36. The van der Waals surface area contributed by atoms with E-state index in [9.17, 15) is 13.5 Å². The monoisotopic (exact) mass is 326 g/mol. The molecule has 0 aromatic heterocycles. The molecule has 0 radical (unpaired) electrons. The summed E-state index contributed by atoms with van der Waals surface area (Å²) >= 11 is 0. The molecule has 0 aliphatic rings. The first-order chi connectivity index (χ1) is 10.4. The molecule has 1 rings (SSSR count). The Balaban J connectivity index is 2.77. The zero-order valence-electron chi connectivity index (χ0n) is 13.6. The first-order valence-corrected chi connectivity index (χ1v) is 9.43. The smallest absolute Gasteiger partial charge is 0.232 e. The van der Waals surface area contributed by atoms with Crippen LogP contribution in [-0.2, 0) is 10.0 Å². The number of nitrogens with zero attached hydrogens (tertiary/aromatic N) is 2. The van der Waals surface area contributed by atoms with Gasteiger partial charge in [0.05, 0.1) is 11.9 Å². The van der Waals surface area contributed by atoms with Gasteiger partial charge in [0.15, 0.2) is 0 Å². The van der Waals surface area contributed by atoms with Crippen LogP contribution in [-0.4, -0.2) is 39.6 Å². The second kappa shape index (κ2) is 8.90. The molecule has 22 heavy (non-hydrogen) atoms. The molecule has 0 spiro atoms. The van der Waals surface area contributed by atoms with E-state index in [1.165, 1.54) is 30.4 Å². The van der Waals surface area contributed by atoms with Crippen molar-refractivity contribution in [2.45, 2.75) is 38.7 Å². The number of rotatable bonds is 9. The molecule has 1 unspecified atom stereocenters. The molecular formula is C16H26N2O3S. The molecule has 1 aromatic carbocycles. The summed E-state index contributed by atoms with van der Waals surface area (Å²) in [4.78, 5) is 4.24. The minimum absolute atomic E-state index is 0.468. The zero-order chi connectivity index (χ0) is 16.6. The summed E-state index contributed by atoms with van der Waals surface area (Å²) in [6.07, 6.45) is 6.22. The number of aliphatic imine (C=N–C) groups is 1. The van der Waals surface area contributed by atoms with Crippen molar-refractivity contribution in [3.8, 4) is 0 Å². The van der Waals surface area contributed by atoms with E-state index < -0.39 is 16.1 Å². The maximum Gasteiger partial charge on any atom is 0.232 e. The van der Waals surface area contributed by atoms with Crippen molar-refractivity contribution in [3.63, 3.8) is 0 Å². The fourth-order valence-corrected chi connectivity index (χ4v) is 2.61. The van der Waals surface area contributed by atoms with Gasteiger partial charge in [0.1, 0.15) is 6.10 Å². The van der Waals surface area contributed by atoms with Gasteiger partial charge in [-0.15, -0.1) is 0 Å². The van der Waals surface area contributed by atoms with Crippen molar-refractivity contribution in [3.05, 3.63) is 29.8 Å². The van der Waals surface area contributed by atoms with Crippen LogP contribution in [0.3, 0.4) is 0 Å². The van der Waals surface area contributed by atoms with Gasteiger partial charge in [-0.05, 0) is 12.5 Å². The standard InChI is InChI=1S/C16H26N2O3S/c1-4-5-6-9-12-17-13-16(19)14-10-7-8-11-15(14)18(2)22(3,20)21/h7-8,10-11,13,16,19H,4-6,9,12H2,1-3H3. The fraction of sp³-hybridized carbons (Fsp3) is 0.562. The average molecular weight is 326 g/mol. The molecule has 0 saturated heterocycles. The van der Waals surface area contributed by atoms with Crippen molar-refractivity contribution in [2.24, 2.45) is 4.99 Å². The van der Waals surface area contributed by atoms with Crippen molar-refractivity contribution < 1.29 is 13.5 Å². The molecule has 6 heteroatoms. The number of aliphatic hydroxyl groups excluding tert-OH is 1. The average Bonchev–Trinajstić information content (AvgIpc) is 2.49. The van der Waals surface area contributed by atoms with Gasteiger partial charge in [-0.2, -0.15) is 0 Å². The van der Waals surface area contributed by atoms with Crippen LogP contribution >= 0.6 is 0 Å². The van der Waals surface area contributed by atoms with Crippen LogP contribution in [0.15, 0.2) is 29.3 Å². The van der Waals surface area contributed by atoms with E-state index >= 15 is 0 Å². The minimum atomic E-state index is -3.37. The van der Waals surface area contributed by atoms with Gasteiger partial charge in [0.2, 0.25) is 10.0 Å². The number of hydrogen-bond acceptors (Lipinski definition) is 4. The predicted octanol–water partition coefficient (Wildman–Crippen LogP) is 2.77. The summed E-state index contributed by atoms with van der Waals surface area (Å²) in [5, 5.41) is 10.2. The summed E-state index contributed by atoms with van der Waals surface area (Å²) in [5.41, 5.74) is 1.00. The highest BCUT2D eigenvalue weighted by atomic mass is 32.2. The number of benzene rings is 1. The number of aliphatic hydroxyl groups is 1. The number of para-hydroxylation sites is 1. The Morgan fingerprint density at radius 2 is 1.95 bits per heavy atom. The highest BCUT2D eigenvalue weighted by Gasteiger charge is 2.18. The first kappa shape index (κ1) is 18.6. The Morgan fingerprint density at radius 3 is 2.59 bits per heavy atom. The van der Waals surface area contributed by atoms with Crippen LogP contribution in [0, 0.1) is 0 Å². The highest BCUT2D eigenvalue weighted by Crippen LogP contribution is 2.26. The van der Waals surface area contributed by atoms with E-state index in [0.29, 0.717) is 17.8 Å². The lowest BCUT2D eigenvalue weighted by atomic mass is 10.1. The maximum atomic E-state index is 11.7. The zero-order valence-corrected chi connectivity index (χ0v) is 14.4. The van der Waals surface area contributed by atoms with E-state index in [1.54, 1.807) is 24.3 Å². The number of anilines is 1. The van der Waals surface area contributed by atoms with Gasteiger partial charge in [-0.3, -0.25) is 9.30 Å². The Bertz CT molecular complexity index is 585. The summed E-state index contributed by atoms with van der Waals surface area (Å²) in [5.74, 6) is 0. The summed E-state index contributed by atoms with van der Waals surface area (Å²) in [6, 6.07) is 6.90. The molecule has 0 fully saturated rings. The molecule has 0 heterocycles. The van der Waals surface area contributed by atoms with Gasteiger partial charge in [-0.25, -0.2) is 8.42 Å². The van der Waals surface area contributed by atoms with Crippen molar-refractivity contribution in [1.29, 1.82) is 0 Å². The highest BCUT2D eigenvalue weighted by molar-refractivity contribution is 7.92. The molecule has 0 aliphatic heterocycles. The molecule has 0 bridgehead atoms. The van der Waals surface area contributed by atoms with E-state index in [0.717, 1.165) is 19.1 Å². The minimum Gasteiger partial charge on any atom is -0.383 e. The number of unbranched alkanes of at least 4 members (excludes halogenated alkanes) is 3. The van der Waals surface area contributed by atoms with Crippen LogP contribution in [0.2, 0.25) is 0 Å². The van der Waals surface area contributed by atoms with Crippen LogP contribution in [0.5, 0.6) is 0 Å². The summed E-state index contributed by atoms with van der Waals surface area (Å²) in [7, 11) is -1.89. The van der Waals surface area contributed by atoms with Crippen LogP contribution in [0.25, 0.3) is 0 Å². The van der Waals surface area contributed by atoms with Gasteiger partial charge >= 0.3 is 0 Å². The summed E-state index contributed by atoms with van der Waals surface area (Å²) in [6.45, 7) is 2.84. The lowest BCUT2D eigenvalue weighted by Gasteiger charge is -2.21. The van der Waals surface area contributed by atoms with Gasteiger partial charge < -0.3 is 5.11 Å². The van der Waals surface area contributed by atoms with Crippen molar-refractivity contribution in [1.82, 2.24) is 0 Å². The molecule has 0 aliphatic carbocycles. The SMILES string of the molecule is CCCCCCN=CC(O)c1ccccc1N(C)S(C)(=O)=O. The second-order valence-electron chi connectivity index (χ2n) is 5.35. The third-order valence-corrected chi connectivity index (χ3v) is 4.67. The normalized spacial score (nSPS) is 13.5. The van der Waals surface area contributed by atoms with E-state index in [4.69, 9.17) is 0 Å². The largest absolute Gasteiger partial charge is 0.383 e. The molecule has 1 N–H and O–H groups in total. The maximum absolute atomic E-state index is 11.7. The predicted molar refractivity (Wildman–Crippen MR) is 92.1 cm³/mol. The van der Waals surface area contributed by atoms with Gasteiger partial charge in [0, 0.05) is 25.4 Å². The lowest BCUT2D eigenvalue weighted by molar-refractivity contribution is 0.252. The molecule has 0 saturated carbocycles. The molecule has 5 nitrogen and oxygen atoms in total. The molecule has 1 atom stereocenters. The quantitative estimate of drug-likeness (QED) is 0.560. The Morgan fingerprint density at radius 1 is 1.27 bits per heavy atom. The van der Waals surface area contributed by atoms with E-state index in [2.05, 4.69) is 11.9 Å². The first-order valence-electron chi connectivity index (χ1n) is 7.58. The Kier molecular flexibility index (Phi) is 7.55.